The molecule has 3 heteroatoms. The topological polar surface area (TPSA) is 23.6 Å². The van der Waals surface area contributed by atoms with Gasteiger partial charge in [-0.25, -0.2) is 0 Å². The molecule has 146 valence electrons. The van der Waals surface area contributed by atoms with Gasteiger partial charge in [0.15, 0.2) is 0 Å². The molecule has 0 bridgehead atoms. The lowest BCUT2D eigenvalue weighted by atomic mass is 9.89. The van der Waals surface area contributed by atoms with E-state index in [2.05, 4.69) is 59.5 Å². The fourth-order valence-corrected chi connectivity index (χ4v) is 5.07. The number of carbonyl (C=O) groups excluding carboxylic acids is 1. The Labute approximate surface area is 172 Å². The molecule has 3 nitrogen and oxygen atoms in total. The molecular weight excluding hydrogens is 356 g/mol. The summed E-state index contributed by atoms with van der Waals surface area (Å²) in [5.41, 5.74) is 3.59. The van der Waals surface area contributed by atoms with E-state index >= 15 is 0 Å². The van der Waals surface area contributed by atoms with Gasteiger partial charge in [0, 0.05) is 24.8 Å². The van der Waals surface area contributed by atoms with Crippen LogP contribution in [0, 0.1) is 5.92 Å². The second kappa shape index (κ2) is 7.84. The van der Waals surface area contributed by atoms with Crippen molar-refractivity contribution in [3.05, 3.63) is 102 Å². The molecule has 2 aliphatic heterocycles. The van der Waals surface area contributed by atoms with E-state index in [0.29, 0.717) is 5.92 Å². The van der Waals surface area contributed by atoms with Gasteiger partial charge >= 0.3 is 0 Å². The standard InChI is InChI=1S/C26H26N2O/c29-26-25-22(16-17-27(26)23-14-8-3-9-15-23)18-24(21-12-6-2-7-13-21)28(25)19-20-10-4-1-5-11-20/h1-15,22,24-25H,16-19H2/t22-,24+,25+/m0/s1. The Hall–Kier alpha value is -2.91. The highest BCUT2D eigenvalue weighted by Crippen LogP contribution is 2.45. The van der Waals surface area contributed by atoms with Gasteiger partial charge in [0.2, 0.25) is 5.91 Å². The Morgan fingerprint density at radius 2 is 1.41 bits per heavy atom. The van der Waals surface area contributed by atoms with Crippen LogP contribution in [0.3, 0.4) is 0 Å². The van der Waals surface area contributed by atoms with E-state index < -0.39 is 0 Å². The average molecular weight is 383 g/mol. The minimum Gasteiger partial charge on any atom is -0.311 e. The number of rotatable bonds is 4. The number of hydrogen-bond donors (Lipinski definition) is 0. The number of piperidine rings is 1. The lowest BCUT2D eigenvalue weighted by Crippen LogP contribution is -2.53. The highest BCUT2D eigenvalue weighted by Gasteiger charge is 2.49. The van der Waals surface area contributed by atoms with Crippen molar-refractivity contribution in [2.24, 2.45) is 5.92 Å². The molecule has 2 heterocycles. The molecule has 0 N–H and O–H groups in total. The van der Waals surface area contributed by atoms with Crippen LogP contribution in [-0.2, 0) is 11.3 Å². The third-order valence-corrected chi connectivity index (χ3v) is 6.43. The van der Waals surface area contributed by atoms with Gasteiger partial charge in [-0.3, -0.25) is 9.69 Å². The minimum absolute atomic E-state index is 0.0608. The van der Waals surface area contributed by atoms with Gasteiger partial charge < -0.3 is 4.90 Å². The van der Waals surface area contributed by atoms with Crippen LogP contribution in [0.25, 0.3) is 0 Å². The Balaban J connectivity index is 1.50. The quantitative estimate of drug-likeness (QED) is 0.630. The zero-order valence-electron chi connectivity index (χ0n) is 16.5. The van der Waals surface area contributed by atoms with Gasteiger partial charge in [0.05, 0.1) is 6.04 Å². The van der Waals surface area contributed by atoms with Crippen LogP contribution in [0.4, 0.5) is 5.69 Å². The Kier molecular flexibility index (Phi) is 4.91. The fraction of sp³-hybridized carbons (Fsp3) is 0.269. The molecule has 29 heavy (non-hydrogen) atoms. The Bertz CT molecular complexity index is 958. The van der Waals surface area contributed by atoms with E-state index in [0.717, 1.165) is 31.6 Å². The third-order valence-electron chi connectivity index (χ3n) is 6.43. The SMILES string of the molecule is O=C1[C@H]2[C@@H](CCN1c1ccccc1)C[C@H](c1ccccc1)N2Cc1ccccc1. The number of benzene rings is 3. The summed E-state index contributed by atoms with van der Waals surface area (Å²) < 4.78 is 0. The van der Waals surface area contributed by atoms with Crippen molar-refractivity contribution in [2.75, 3.05) is 11.4 Å². The van der Waals surface area contributed by atoms with E-state index in [1.54, 1.807) is 0 Å². The molecule has 2 fully saturated rings. The van der Waals surface area contributed by atoms with Crippen molar-refractivity contribution in [1.29, 1.82) is 0 Å². The summed E-state index contributed by atoms with van der Waals surface area (Å²) in [7, 11) is 0. The molecule has 2 saturated heterocycles. The number of hydrogen-bond acceptors (Lipinski definition) is 2. The van der Waals surface area contributed by atoms with Crippen molar-refractivity contribution >= 4 is 11.6 Å². The molecule has 3 aromatic rings. The highest BCUT2D eigenvalue weighted by molar-refractivity contribution is 5.98. The van der Waals surface area contributed by atoms with Crippen LogP contribution in [0.5, 0.6) is 0 Å². The minimum atomic E-state index is -0.0608. The highest BCUT2D eigenvalue weighted by atomic mass is 16.2. The lowest BCUT2D eigenvalue weighted by Gasteiger charge is -2.38. The predicted molar refractivity (Wildman–Crippen MR) is 116 cm³/mol. The summed E-state index contributed by atoms with van der Waals surface area (Å²) in [4.78, 5) is 18.1. The van der Waals surface area contributed by atoms with E-state index in [-0.39, 0.29) is 18.0 Å². The molecule has 0 aromatic heterocycles. The number of likely N-dealkylation sites (tertiary alicyclic amines) is 1. The van der Waals surface area contributed by atoms with Crippen LogP contribution >= 0.6 is 0 Å². The molecule has 0 saturated carbocycles. The maximum absolute atomic E-state index is 13.7. The van der Waals surface area contributed by atoms with E-state index in [4.69, 9.17) is 0 Å². The zero-order valence-corrected chi connectivity index (χ0v) is 16.5. The Morgan fingerprint density at radius 3 is 2.10 bits per heavy atom. The van der Waals surface area contributed by atoms with Crippen LogP contribution in [0.2, 0.25) is 0 Å². The molecule has 0 unspecified atom stereocenters. The van der Waals surface area contributed by atoms with Crippen molar-refractivity contribution in [3.8, 4) is 0 Å². The molecular formula is C26H26N2O. The van der Waals surface area contributed by atoms with Crippen LogP contribution in [0.15, 0.2) is 91.0 Å². The number of para-hydroxylation sites is 1. The third kappa shape index (κ3) is 3.47. The fourth-order valence-electron chi connectivity index (χ4n) is 5.07. The van der Waals surface area contributed by atoms with Gasteiger partial charge in [-0.2, -0.15) is 0 Å². The molecule has 0 radical (unpaired) electrons. The molecule has 1 amide bonds. The van der Waals surface area contributed by atoms with Gasteiger partial charge in [-0.1, -0.05) is 78.9 Å². The second-order valence-corrected chi connectivity index (χ2v) is 8.14. The van der Waals surface area contributed by atoms with Crippen LogP contribution in [0.1, 0.15) is 30.0 Å². The number of nitrogens with zero attached hydrogens (tertiary/aromatic N) is 2. The Morgan fingerprint density at radius 1 is 0.793 bits per heavy atom. The first-order valence-electron chi connectivity index (χ1n) is 10.5. The molecule has 3 atom stereocenters. The molecule has 5 rings (SSSR count). The van der Waals surface area contributed by atoms with Gasteiger partial charge in [0.25, 0.3) is 0 Å². The van der Waals surface area contributed by atoms with E-state index in [1.807, 2.05) is 41.3 Å². The number of amides is 1. The molecule has 0 spiro atoms. The predicted octanol–water partition coefficient (Wildman–Crippen LogP) is 5.06. The molecule has 2 aliphatic rings. The van der Waals surface area contributed by atoms with Gasteiger partial charge in [-0.15, -0.1) is 0 Å². The van der Waals surface area contributed by atoms with E-state index in [9.17, 15) is 4.79 Å². The summed E-state index contributed by atoms with van der Waals surface area (Å²) in [6.07, 6.45) is 2.11. The van der Waals surface area contributed by atoms with Crippen molar-refractivity contribution in [3.63, 3.8) is 0 Å². The summed E-state index contributed by atoms with van der Waals surface area (Å²) >= 11 is 0. The van der Waals surface area contributed by atoms with Gasteiger partial charge in [-0.05, 0) is 42.0 Å². The lowest BCUT2D eigenvalue weighted by molar-refractivity contribution is -0.126. The summed E-state index contributed by atoms with van der Waals surface area (Å²) in [5.74, 6) is 0.665. The maximum atomic E-state index is 13.7. The average Bonchev–Trinajstić information content (AvgIpc) is 3.15. The smallest absolute Gasteiger partial charge is 0.244 e. The van der Waals surface area contributed by atoms with E-state index in [1.165, 1.54) is 11.1 Å². The molecule has 3 aromatic carbocycles. The monoisotopic (exact) mass is 382 g/mol. The van der Waals surface area contributed by atoms with Crippen molar-refractivity contribution in [2.45, 2.75) is 31.5 Å². The normalized spacial score (nSPS) is 24.5. The number of carbonyl (C=O) groups is 1. The van der Waals surface area contributed by atoms with Gasteiger partial charge in [0.1, 0.15) is 0 Å². The number of anilines is 1. The number of fused-ring (bicyclic) bond motifs is 1. The largest absolute Gasteiger partial charge is 0.311 e. The van der Waals surface area contributed by atoms with Crippen LogP contribution in [-0.4, -0.2) is 23.4 Å². The zero-order chi connectivity index (χ0) is 19.6. The first-order valence-corrected chi connectivity index (χ1v) is 10.5. The second-order valence-electron chi connectivity index (χ2n) is 8.14. The summed E-state index contributed by atoms with van der Waals surface area (Å²) in [5, 5.41) is 0. The van der Waals surface area contributed by atoms with Crippen molar-refractivity contribution < 1.29 is 4.79 Å². The first kappa shape index (κ1) is 18.1. The molecule has 0 aliphatic carbocycles. The van der Waals surface area contributed by atoms with Crippen LogP contribution < -0.4 is 4.90 Å². The van der Waals surface area contributed by atoms with Crippen molar-refractivity contribution in [1.82, 2.24) is 4.90 Å². The summed E-state index contributed by atoms with van der Waals surface area (Å²) in [6, 6.07) is 31.6. The summed E-state index contributed by atoms with van der Waals surface area (Å²) in [6.45, 7) is 1.61. The first-order chi connectivity index (χ1) is 14.3. The maximum Gasteiger partial charge on any atom is 0.244 e.